The smallest absolute Gasteiger partial charge is 0.407 e. The van der Waals surface area contributed by atoms with Crippen molar-refractivity contribution >= 4 is 17.7 Å². The predicted molar refractivity (Wildman–Crippen MR) is 115 cm³/mol. The summed E-state index contributed by atoms with van der Waals surface area (Å²) in [5, 5.41) is 2.97. The molecule has 0 aromatic heterocycles. The molecule has 2 fully saturated rings. The first-order valence-electron chi connectivity index (χ1n) is 10.9. The summed E-state index contributed by atoms with van der Waals surface area (Å²) in [7, 11) is 0. The van der Waals surface area contributed by atoms with Gasteiger partial charge in [-0.05, 0) is 64.5 Å². The molecule has 1 aromatic carbocycles. The minimum absolute atomic E-state index is 0.158. The minimum atomic E-state index is -0.474. The summed E-state index contributed by atoms with van der Waals surface area (Å²) in [5.41, 5.74) is 0.758. The van der Waals surface area contributed by atoms with Gasteiger partial charge in [-0.25, -0.2) is 4.79 Å². The van der Waals surface area contributed by atoms with E-state index in [-0.39, 0.29) is 18.0 Å². The largest absolute Gasteiger partial charge is 0.444 e. The number of ether oxygens (including phenoxy) is 1. The van der Waals surface area contributed by atoms with E-state index in [4.69, 9.17) is 4.74 Å². The standard InChI is InChI=1S/C23H35N3O3/c1-23(2,3)29-22(28)24-19-11-9-18(10-12-19)17-21(27)26-15-13-25(14-16-26)20-7-5-4-6-8-20/h4-8,18-19H,9-17H2,1-3H3,(H,24,28). The number of hydrogen-bond donors (Lipinski definition) is 1. The molecular formula is C23H35N3O3. The summed E-state index contributed by atoms with van der Waals surface area (Å²) >= 11 is 0. The van der Waals surface area contributed by atoms with Crippen molar-refractivity contribution in [3.63, 3.8) is 0 Å². The third-order valence-corrected chi connectivity index (χ3v) is 5.78. The Morgan fingerprint density at radius 1 is 1.00 bits per heavy atom. The molecule has 1 saturated heterocycles. The Kier molecular flexibility index (Phi) is 7.04. The molecular weight excluding hydrogens is 366 g/mol. The van der Waals surface area contributed by atoms with E-state index in [1.807, 2.05) is 31.7 Å². The molecule has 0 unspecified atom stereocenters. The van der Waals surface area contributed by atoms with E-state index in [1.54, 1.807) is 0 Å². The molecule has 1 aliphatic carbocycles. The number of piperazine rings is 1. The summed E-state index contributed by atoms with van der Waals surface area (Å²) in [6.45, 7) is 8.98. The Labute approximate surface area is 174 Å². The molecule has 29 heavy (non-hydrogen) atoms. The van der Waals surface area contributed by atoms with Crippen molar-refractivity contribution in [2.75, 3.05) is 31.1 Å². The van der Waals surface area contributed by atoms with Gasteiger partial charge in [-0.2, -0.15) is 0 Å². The summed E-state index contributed by atoms with van der Waals surface area (Å²) in [4.78, 5) is 29.0. The van der Waals surface area contributed by atoms with Crippen LogP contribution in [-0.4, -0.2) is 54.7 Å². The lowest BCUT2D eigenvalue weighted by atomic mass is 9.84. The second kappa shape index (κ2) is 9.51. The molecule has 160 valence electrons. The van der Waals surface area contributed by atoms with Gasteiger partial charge < -0.3 is 19.9 Å². The van der Waals surface area contributed by atoms with Crippen molar-refractivity contribution < 1.29 is 14.3 Å². The quantitative estimate of drug-likeness (QED) is 0.833. The fourth-order valence-electron chi connectivity index (χ4n) is 4.21. The van der Waals surface area contributed by atoms with Crippen molar-refractivity contribution in [2.45, 2.75) is 64.5 Å². The van der Waals surface area contributed by atoms with Crippen molar-refractivity contribution in [1.29, 1.82) is 0 Å². The highest BCUT2D eigenvalue weighted by Crippen LogP contribution is 2.28. The van der Waals surface area contributed by atoms with Crippen LogP contribution >= 0.6 is 0 Å². The highest BCUT2D eigenvalue weighted by molar-refractivity contribution is 5.76. The fourth-order valence-corrected chi connectivity index (χ4v) is 4.21. The Morgan fingerprint density at radius 2 is 1.62 bits per heavy atom. The number of nitrogens with one attached hydrogen (secondary N) is 1. The fraction of sp³-hybridized carbons (Fsp3) is 0.652. The van der Waals surface area contributed by atoms with Crippen LogP contribution in [0.2, 0.25) is 0 Å². The molecule has 0 bridgehead atoms. The molecule has 1 N–H and O–H groups in total. The maximum atomic E-state index is 12.7. The van der Waals surface area contributed by atoms with Crippen molar-refractivity contribution in [3.8, 4) is 0 Å². The molecule has 1 heterocycles. The third kappa shape index (κ3) is 6.65. The van der Waals surface area contributed by atoms with Crippen molar-refractivity contribution in [3.05, 3.63) is 30.3 Å². The summed E-state index contributed by atoms with van der Waals surface area (Å²) in [5.74, 6) is 0.701. The van der Waals surface area contributed by atoms with Crippen LogP contribution < -0.4 is 10.2 Å². The van der Waals surface area contributed by atoms with E-state index in [1.165, 1.54) is 5.69 Å². The number of alkyl carbamates (subject to hydrolysis) is 1. The van der Waals surface area contributed by atoms with Gasteiger partial charge in [0.1, 0.15) is 5.60 Å². The van der Waals surface area contributed by atoms with Crippen LogP contribution in [-0.2, 0) is 9.53 Å². The highest BCUT2D eigenvalue weighted by atomic mass is 16.6. The number of rotatable bonds is 4. The molecule has 1 aliphatic heterocycles. The molecule has 3 rings (SSSR count). The van der Waals surface area contributed by atoms with E-state index >= 15 is 0 Å². The third-order valence-electron chi connectivity index (χ3n) is 5.78. The first-order chi connectivity index (χ1) is 13.8. The molecule has 2 aliphatic rings. The summed E-state index contributed by atoms with van der Waals surface area (Å²) in [6, 6.07) is 10.6. The van der Waals surface area contributed by atoms with Crippen LogP contribution in [0.1, 0.15) is 52.9 Å². The Morgan fingerprint density at radius 3 is 2.21 bits per heavy atom. The van der Waals surface area contributed by atoms with Crippen LogP contribution in [0.15, 0.2) is 30.3 Å². The van der Waals surface area contributed by atoms with Gasteiger partial charge in [-0.15, -0.1) is 0 Å². The van der Waals surface area contributed by atoms with Crippen LogP contribution in [0.25, 0.3) is 0 Å². The zero-order chi connectivity index (χ0) is 20.9. The lowest BCUT2D eigenvalue weighted by molar-refractivity contribution is -0.132. The van der Waals surface area contributed by atoms with Crippen LogP contribution in [0.3, 0.4) is 0 Å². The van der Waals surface area contributed by atoms with E-state index in [0.29, 0.717) is 12.3 Å². The van der Waals surface area contributed by atoms with Crippen LogP contribution in [0.5, 0.6) is 0 Å². The average molecular weight is 402 g/mol. The van der Waals surface area contributed by atoms with Gasteiger partial charge in [0.25, 0.3) is 0 Å². The van der Waals surface area contributed by atoms with E-state index in [2.05, 4.69) is 34.5 Å². The highest BCUT2D eigenvalue weighted by Gasteiger charge is 2.28. The predicted octanol–water partition coefficient (Wildman–Crippen LogP) is 3.81. The number of anilines is 1. The molecule has 0 spiro atoms. The maximum absolute atomic E-state index is 12.7. The number of nitrogens with zero attached hydrogens (tertiary/aromatic N) is 2. The zero-order valence-electron chi connectivity index (χ0n) is 18.0. The molecule has 1 aromatic rings. The molecule has 6 heteroatoms. The maximum Gasteiger partial charge on any atom is 0.407 e. The van der Waals surface area contributed by atoms with Gasteiger partial charge in [-0.1, -0.05) is 18.2 Å². The number of hydrogen-bond acceptors (Lipinski definition) is 4. The molecule has 0 radical (unpaired) electrons. The SMILES string of the molecule is CC(C)(C)OC(=O)NC1CCC(CC(=O)N2CCN(c3ccccc3)CC2)CC1. The Hall–Kier alpha value is -2.24. The Balaban J connectivity index is 1.36. The summed E-state index contributed by atoms with van der Waals surface area (Å²) < 4.78 is 5.34. The lowest BCUT2D eigenvalue weighted by Crippen LogP contribution is -2.49. The second-order valence-electron chi connectivity index (χ2n) is 9.27. The Bertz CT molecular complexity index is 670. The molecule has 1 saturated carbocycles. The first kappa shape index (κ1) is 21.5. The van der Waals surface area contributed by atoms with Gasteiger partial charge >= 0.3 is 6.09 Å². The zero-order valence-corrected chi connectivity index (χ0v) is 18.0. The summed E-state index contributed by atoms with van der Waals surface area (Å²) in [6.07, 6.45) is 4.09. The van der Waals surface area contributed by atoms with E-state index in [0.717, 1.165) is 51.9 Å². The molecule has 0 atom stereocenters. The molecule has 2 amide bonds. The van der Waals surface area contributed by atoms with Gasteiger partial charge in [0.05, 0.1) is 0 Å². The van der Waals surface area contributed by atoms with Gasteiger partial charge in [0.15, 0.2) is 0 Å². The normalized spacial score (nSPS) is 22.9. The monoisotopic (exact) mass is 401 g/mol. The van der Waals surface area contributed by atoms with E-state index < -0.39 is 5.60 Å². The van der Waals surface area contributed by atoms with Gasteiger partial charge in [-0.3, -0.25) is 4.79 Å². The first-order valence-corrected chi connectivity index (χ1v) is 10.9. The average Bonchev–Trinajstić information content (AvgIpc) is 2.69. The van der Waals surface area contributed by atoms with Crippen molar-refractivity contribution in [1.82, 2.24) is 10.2 Å². The number of carbonyl (C=O) groups is 2. The van der Waals surface area contributed by atoms with Gasteiger partial charge in [0.2, 0.25) is 5.91 Å². The van der Waals surface area contributed by atoms with Crippen molar-refractivity contribution in [2.24, 2.45) is 5.92 Å². The number of benzene rings is 1. The lowest BCUT2D eigenvalue weighted by Gasteiger charge is -2.37. The topological polar surface area (TPSA) is 61.9 Å². The number of para-hydroxylation sites is 1. The number of amides is 2. The van der Waals surface area contributed by atoms with Gasteiger partial charge in [0, 0.05) is 44.3 Å². The minimum Gasteiger partial charge on any atom is -0.444 e. The van der Waals surface area contributed by atoms with Crippen LogP contribution in [0, 0.1) is 5.92 Å². The second-order valence-corrected chi connectivity index (χ2v) is 9.27. The van der Waals surface area contributed by atoms with E-state index in [9.17, 15) is 9.59 Å². The molecule has 6 nitrogen and oxygen atoms in total. The van der Waals surface area contributed by atoms with Crippen LogP contribution in [0.4, 0.5) is 10.5 Å². The number of carbonyl (C=O) groups excluding carboxylic acids is 2.